The summed E-state index contributed by atoms with van der Waals surface area (Å²) in [4.78, 5) is 11.9. The Morgan fingerprint density at radius 3 is 2.46 bits per heavy atom. The van der Waals surface area contributed by atoms with E-state index >= 15 is 0 Å². The number of benzene rings is 2. The average Bonchev–Trinajstić information content (AvgIpc) is 2.62. The molecule has 0 atom stereocenters. The fourth-order valence-corrected chi connectivity index (χ4v) is 3.02. The number of carbonyl (C=O) groups is 1. The maximum absolute atomic E-state index is 11.9. The zero-order valence-corrected chi connectivity index (χ0v) is 16.3. The van der Waals surface area contributed by atoms with Gasteiger partial charge in [0.25, 0.3) is 0 Å². The molecular formula is C21H23Cl2NO2. The maximum atomic E-state index is 11.9. The van der Waals surface area contributed by atoms with Crippen molar-refractivity contribution in [2.24, 2.45) is 0 Å². The van der Waals surface area contributed by atoms with Crippen molar-refractivity contribution in [3.05, 3.63) is 69.7 Å². The van der Waals surface area contributed by atoms with Gasteiger partial charge < -0.3 is 4.74 Å². The molecule has 0 bridgehead atoms. The van der Waals surface area contributed by atoms with Crippen molar-refractivity contribution in [3.63, 3.8) is 0 Å². The van der Waals surface area contributed by atoms with Crippen molar-refractivity contribution in [1.82, 2.24) is 0 Å². The number of nitrogens with one attached hydrogen (secondary N) is 1. The molecule has 0 saturated carbocycles. The maximum Gasteiger partial charge on any atom is 0.411 e. The number of ether oxygens (including phenoxy) is 1. The second-order valence-electron chi connectivity index (χ2n) is 5.94. The normalized spacial score (nSPS) is 10.9. The van der Waals surface area contributed by atoms with E-state index in [0.29, 0.717) is 15.7 Å². The number of hydrogen-bond donors (Lipinski definition) is 1. The first kappa shape index (κ1) is 20.3. The second-order valence-corrected chi connectivity index (χ2v) is 6.75. The number of amides is 1. The predicted molar refractivity (Wildman–Crippen MR) is 110 cm³/mol. The Morgan fingerprint density at radius 1 is 1.12 bits per heavy atom. The standard InChI is InChI=1S/C21H23Cl2NO2/c1-2-3-4-5-9-12-18-19(22)13-17(14-20(18)23)24-21(25)26-15-16-10-7-6-8-11-16/h6-14H,2-5,15H2,1H3,(H,24,25)/b12-9-. The van der Waals surface area contributed by atoms with Crippen LogP contribution in [0.1, 0.15) is 43.7 Å². The number of halogens is 2. The Labute approximate surface area is 165 Å². The van der Waals surface area contributed by atoms with Crippen molar-refractivity contribution in [2.75, 3.05) is 5.32 Å². The van der Waals surface area contributed by atoms with Crippen LogP contribution < -0.4 is 5.32 Å². The van der Waals surface area contributed by atoms with Crippen LogP contribution in [0, 0.1) is 0 Å². The average molecular weight is 392 g/mol. The zero-order valence-electron chi connectivity index (χ0n) is 14.8. The summed E-state index contributed by atoms with van der Waals surface area (Å²) in [5.41, 5.74) is 2.18. The van der Waals surface area contributed by atoms with Gasteiger partial charge in [0.2, 0.25) is 0 Å². The first-order valence-electron chi connectivity index (χ1n) is 8.73. The van der Waals surface area contributed by atoms with Crippen LogP contribution in [-0.2, 0) is 11.3 Å². The van der Waals surface area contributed by atoms with Crippen LogP contribution in [0.25, 0.3) is 6.08 Å². The Kier molecular flexibility index (Phi) is 8.52. The number of anilines is 1. The smallest absolute Gasteiger partial charge is 0.411 e. The summed E-state index contributed by atoms with van der Waals surface area (Å²) < 4.78 is 5.19. The number of hydrogen-bond acceptors (Lipinski definition) is 2. The van der Waals surface area contributed by atoms with E-state index in [4.69, 9.17) is 27.9 Å². The van der Waals surface area contributed by atoms with Crippen LogP contribution in [-0.4, -0.2) is 6.09 Å². The molecular weight excluding hydrogens is 369 g/mol. The molecule has 1 amide bonds. The Balaban J connectivity index is 1.92. The molecule has 0 aliphatic carbocycles. The molecule has 2 aromatic rings. The van der Waals surface area contributed by atoms with Crippen molar-refractivity contribution in [3.8, 4) is 0 Å². The molecule has 0 spiro atoms. The van der Waals surface area contributed by atoms with Crippen molar-refractivity contribution >= 4 is 41.1 Å². The monoisotopic (exact) mass is 391 g/mol. The lowest BCUT2D eigenvalue weighted by Gasteiger charge is -2.10. The topological polar surface area (TPSA) is 38.3 Å². The molecule has 1 N–H and O–H groups in total. The molecule has 0 fully saturated rings. The van der Waals surface area contributed by atoms with E-state index in [-0.39, 0.29) is 6.61 Å². The third kappa shape index (κ3) is 6.74. The molecule has 0 aliphatic heterocycles. The van der Waals surface area contributed by atoms with E-state index in [0.717, 1.165) is 24.0 Å². The molecule has 0 unspecified atom stereocenters. The highest BCUT2D eigenvalue weighted by atomic mass is 35.5. The van der Waals surface area contributed by atoms with Crippen LogP contribution in [0.3, 0.4) is 0 Å². The van der Waals surface area contributed by atoms with Gasteiger partial charge in [-0.15, -0.1) is 0 Å². The third-order valence-electron chi connectivity index (χ3n) is 3.80. The summed E-state index contributed by atoms with van der Waals surface area (Å²) in [5, 5.41) is 3.63. The van der Waals surface area contributed by atoms with Gasteiger partial charge in [-0.2, -0.15) is 0 Å². The van der Waals surface area contributed by atoms with Gasteiger partial charge in [-0.3, -0.25) is 5.32 Å². The second kappa shape index (κ2) is 10.9. The largest absolute Gasteiger partial charge is 0.444 e. The number of carbonyl (C=O) groups excluding carboxylic acids is 1. The summed E-state index contributed by atoms with van der Waals surface area (Å²) in [6.45, 7) is 2.38. The summed E-state index contributed by atoms with van der Waals surface area (Å²) in [6.07, 6.45) is 7.99. The summed E-state index contributed by atoms with van der Waals surface area (Å²) in [5.74, 6) is 0. The van der Waals surface area contributed by atoms with Gasteiger partial charge in [-0.1, -0.05) is 85.5 Å². The quantitative estimate of drug-likeness (QED) is 0.478. The first-order chi connectivity index (χ1) is 12.6. The van der Waals surface area contributed by atoms with Crippen molar-refractivity contribution in [2.45, 2.75) is 39.2 Å². The number of rotatable bonds is 8. The fraction of sp³-hybridized carbons (Fsp3) is 0.286. The van der Waals surface area contributed by atoms with Gasteiger partial charge in [-0.05, 0) is 30.5 Å². The van der Waals surface area contributed by atoms with Crippen LogP contribution >= 0.6 is 23.2 Å². The summed E-state index contributed by atoms with van der Waals surface area (Å²) in [6, 6.07) is 12.8. The molecule has 2 aromatic carbocycles. The van der Waals surface area contributed by atoms with Gasteiger partial charge >= 0.3 is 6.09 Å². The lowest BCUT2D eigenvalue weighted by atomic mass is 10.1. The molecule has 138 valence electrons. The third-order valence-corrected chi connectivity index (χ3v) is 4.42. The summed E-state index contributed by atoms with van der Waals surface area (Å²) >= 11 is 12.6. The van der Waals surface area contributed by atoms with Crippen LogP contribution in [0.15, 0.2) is 48.5 Å². The molecule has 2 rings (SSSR count). The Bertz CT molecular complexity index is 722. The van der Waals surface area contributed by atoms with Gasteiger partial charge in [0.05, 0.1) is 10.0 Å². The van der Waals surface area contributed by atoms with Gasteiger partial charge in [0, 0.05) is 11.3 Å². The number of allylic oxidation sites excluding steroid dienone is 1. The minimum absolute atomic E-state index is 0.201. The van der Waals surface area contributed by atoms with E-state index in [1.807, 2.05) is 36.4 Å². The predicted octanol–water partition coefficient (Wildman–Crippen LogP) is 7.34. The number of unbranched alkanes of at least 4 members (excludes halogenated alkanes) is 3. The van der Waals surface area contributed by atoms with E-state index in [1.165, 1.54) is 12.8 Å². The molecule has 0 saturated heterocycles. The minimum atomic E-state index is -0.552. The Hall–Kier alpha value is -1.97. The highest BCUT2D eigenvalue weighted by Crippen LogP contribution is 2.30. The first-order valence-corrected chi connectivity index (χ1v) is 9.49. The Morgan fingerprint density at radius 2 is 1.81 bits per heavy atom. The molecule has 0 aliphatic rings. The fourth-order valence-electron chi connectivity index (χ4n) is 2.41. The molecule has 3 nitrogen and oxygen atoms in total. The molecule has 26 heavy (non-hydrogen) atoms. The molecule has 0 heterocycles. The lowest BCUT2D eigenvalue weighted by molar-refractivity contribution is 0.155. The minimum Gasteiger partial charge on any atom is -0.444 e. The van der Waals surface area contributed by atoms with Gasteiger partial charge in [-0.25, -0.2) is 4.79 Å². The molecule has 0 radical (unpaired) electrons. The van der Waals surface area contributed by atoms with Crippen LogP contribution in [0.5, 0.6) is 0 Å². The van der Waals surface area contributed by atoms with E-state index < -0.39 is 6.09 Å². The highest BCUT2D eigenvalue weighted by molar-refractivity contribution is 6.37. The van der Waals surface area contributed by atoms with Crippen LogP contribution in [0.2, 0.25) is 10.0 Å². The van der Waals surface area contributed by atoms with Crippen molar-refractivity contribution in [1.29, 1.82) is 0 Å². The summed E-state index contributed by atoms with van der Waals surface area (Å²) in [7, 11) is 0. The van der Waals surface area contributed by atoms with Gasteiger partial charge in [0.1, 0.15) is 6.61 Å². The van der Waals surface area contributed by atoms with Crippen LogP contribution in [0.4, 0.5) is 10.5 Å². The highest BCUT2D eigenvalue weighted by Gasteiger charge is 2.09. The SMILES string of the molecule is CCCCC/C=C\c1c(Cl)cc(NC(=O)OCc2ccccc2)cc1Cl. The molecule has 5 heteroatoms. The van der Waals surface area contributed by atoms with Crippen molar-refractivity contribution < 1.29 is 9.53 Å². The lowest BCUT2D eigenvalue weighted by Crippen LogP contribution is -2.13. The van der Waals surface area contributed by atoms with E-state index in [1.54, 1.807) is 12.1 Å². The van der Waals surface area contributed by atoms with Gasteiger partial charge in [0.15, 0.2) is 0 Å². The molecule has 0 aromatic heterocycles. The van der Waals surface area contributed by atoms with E-state index in [2.05, 4.69) is 18.3 Å². The zero-order chi connectivity index (χ0) is 18.8. The van der Waals surface area contributed by atoms with E-state index in [9.17, 15) is 4.79 Å².